The number of aliphatic hydroxyl groups excluding tert-OH is 1. The van der Waals surface area contributed by atoms with Gasteiger partial charge in [-0.25, -0.2) is 4.98 Å². The summed E-state index contributed by atoms with van der Waals surface area (Å²) in [6.07, 6.45) is 1.53. The first-order valence-corrected chi connectivity index (χ1v) is 5.26. The van der Waals surface area contributed by atoms with Crippen molar-refractivity contribution in [2.45, 2.75) is 6.42 Å². The molecule has 0 bridgehead atoms. The zero-order chi connectivity index (χ0) is 13.4. The third-order valence-corrected chi connectivity index (χ3v) is 1.98. The first-order valence-electron chi connectivity index (χ1n) is 5.26. The molecule has 0 aliphatic rings. The van der Waals surface area contributed by atoms with Gasteiger partial charge in [-0.1, -0.05) is 11.8 Å². The second kappa shape index (κ2) is 7.04. The number of pyridine rings is 1. The Morgan fingerprint density at radius 3 is 2.94 bits per heavy atom. The second-order valence-electron chi connectivity index (χ2n) is 3.33. The van der Waals surface area contributed by atoms with E-state index < -0.39 is 11.8 Å². The Kier molecular flexibility index (Phi) is 5.35. The minimum Gasteiger partial charge on any atom is -0.384 e. The van der Waals surface area contributed by atoms with Crippen molar-refractivity contribution in [2.24, 2.45) is 5.73 Å². The summed E-state index contributed by atoms with van der Waals surface area (Å²) in [5, 5.41) is 11.1. The van der Waals surface area contributed by atoms with E-state index in [1.165, 1.54) is 6.20 Å². The van der Waals surface area contributed by atoms with Crippen molar-refractivity contribution in [1.82, 2.24) is 10.3 Å². The zero-order valence-corrected chi connectivity index (χ0v) is 9.64. The van der Waals surface area contributed by atoms with Gasteiger partial charge in [0.1, 0.15) is 12.3 Å². The molecular formula is C12H13N3O3. The Morgan fingerprint density at radius 2 is 2.28 bits per heavy atom. The van der Waals surface area contributed by atoms with E-state index in [9.17, 15) is 9.59 Å². The molecule has 4 N–H and O–H groups in total. The van der Waals surface area contributed by atoms with E-state index >= 15 is 0 Å². The predicted molar refractivity (Wildman–Crippen MR) is 64.3 cm³/mol. The van der Waals surface area contributed by atoms with Gasteiger partial charge in [0.05, 0.1) is 5.56 Å². The van der Waals surface area contributed by atoms with Crippen molar-refractivity contribution in [3.8, 4) is 11.8 Å². The highest BCUT2D eigenvalue weighted by molar-refractivity contribution is 5.94. The standard InChI is InChI=1S/C12H13N3O3/c13-10(17)5-7-15-12(18)11-9(4-2-8-16)3-1-6-14-11/h1,3,6,16H,5,7-8H2,(H2,13,17)(H,15,18). The molecule has 1 aromatic rings. The average molecular weight is 247 g/mol. The van der Waals surface area contributed by atoms with Gasteiger partial charge >= 0.3 is 0 Å². The number of aromatic nitrogens is 1. The quantitative estimate of drug-likeness (QED) is 0.595. The molecule has 1 heterocycles. The number of hydrogen-bond acceptors (Lipinski definition) is 4. The number of nitrogens with two attached hydrogens (primary N) is 1. The largest absolute Gasteiger partial charge is 0.384 e. The smallest absolute Gasteiger partial charge is 0.271 e. The summed E-state index contributed by atoms with van der Waals surface area (Å²) in [4.78, 5) is 26.2. The molecule has 0 atom stereocenters. The number of aliphatic hydroxyl groups is 1. The van der Waals surface area contributed by atoms with E-state index in [-0.39, 0.29) is 25.3 Å². The highest BCUT2D eigenvalue weighted by atomic mass is 16.2. The Bertz CT molecular complexity index is 503. The molecule has 0 saturated heterocycles. The number of carbonyl (C=O) groups excluding carboxylic acids is 2. The summed E-state index contributed by atoms with van der Waals surface area (Å²) < 4.78 is 0. The van der Waals surface area contributed by atoms with Gasteiger partial charge in [0.2, 0.25) is 5.91 Å². The van der Waals surface area contributed by atoms with Crippen LogP contribution in [0.4, 0.5) is 0 Å². The SMILES string of the molecule is NC(=O)CCNC(=O)c1ncccc1C#CCO. The zero-order valence-electron chi connectivity index (χ0n) is 9.64. The van der Waals surface area contributed by atoms with Crippen molar-refractivity contribution < 1.29 is 14.7 Å². The van der Waals surface area contributed by atoms with Crippen LogP contribution in [0.25, 0.3) is 0 Å². The van der Waals surface area contributed by atoms with Gasteiger partial charge in [-0.15, -0.1) is 0 Å². The van der Waals surface area contributed by atoms with Crippen LogP contribution in [0.5, 0.6) is 0 Å². The summed E-state index contributed by atoms with van der Waals surface area (Å²) >= 11 is 0. The Balaban J connectivity index is 2.75. The van der Waals surface area contributed by atoms with Crippen molar-refractivity contribution in [3.63, 3.8) is 0 Å². The fourth-order valence-electron chi connectivity index (χ4n) is 1.20. The van der Waals surface area contributed by atoms with E-state index in [2.05, 4.69) is 22.1 Å². The van der Waals surface area contributed by atoms with Crippen molar-refractivity contribution in [3.05, 3.63) is 29.6 Å². The number of nitrogens with one attached hydrogen (secondary N) is 1. The van der Waals surface area contributed by atoms with E-state index in [0.717, 1.165) is 0 Å². The van der Waals surface area contributed by atoms with Crippen molar-refractivity contribution in [1.29, 1.82) is 0 Å². The highest BCUT2D eigenvalue weighted by Gasteiger charge is 2.10. The molecule has 2 amide bonds. The minimum absolute atomic E-state index is 0.0657. The normalized spacial score (nSPS) is 9.17. The van der Waals surface area contributed by atoms with Crippen molar-refractivity contribution in [2.75, 3.05) is 13.2 Å². The first kappa shape index (κ1) is 13.7. The van der Waals surface area contributed by atoms with Gasteiger partial charge in [-0.3, -0.25) is 9.59 Å². The molecule has 0 unspecified atom stereocenters. The van der Waals surface area contributed by atoms with Crippen LogP contribution in [0.15, 0.2) is 18.3 Å². The number of nitrogens with zero attached hydrogens (tertiary/aromatic N) is 1. The summed E-state index contributed by atoms with van der Waals surface area (Å²) in [5.74, 6) is 4.15. The van der Waals surface area contributed by atoms with E-state index in [4.69, 9.17) is 10.8 Å². The minimum atomic E-state index is -0.489. The van der Waals surface area contributed by atoms with E-state index in [1.807, 2.05) is 0 Å². The van der Waals surface area contributed by atoms with Gasteiger partial charge < -0.3 is 16.2 Å². The summed E-state index contributed by atoms with van der Waals surface area (Å²) in [5.41, 5.74) is 5.53. The average Bonchev–Trinajstić information content (AvgIpc) is 2.36. The molecule has 0 aromatic carbocycles. The Labute approximate surface area is 104 Å². The van der Waals surface area contributed by atoms with Gasteiger partial charge in [0, 0.05) is 19.2 Å². The topological polar surface area (TPSA) is 105 Å². The number of amides is 2. The number of rotatable bonds is 4. The summed E-state index contributed by atoms with van der Waals surface area (Å²) in [6, 6.07) is 3.26. The van der Waals surface area contributed by atoms with Crippen molar-refractivity contribution >= 4 is 11.8 Å². The molecule has 6 nitrogen and oxygen atoms in total. The van der Waals surface area contributed by atoms with Crippen LogP contribution in [0.3, 0.4) is 0 Å². The maximum absolute atomic E-state index is 11.8. The molecule has 0 fully saturated rings. The molecule has 6 heteroatoms. The van der Waals surface area contributed by atoms with Crippen LogP contribution in [0.2, 0.25) is 0 Å². The maximum atomic E-state index is 11.8. The molecule has 1 aromatic heterocycles. The number of carbonyl (C=O) groups is 2. The van der Waals surface area contributed by atoms with Crippen LogP contribution >= 0.6 is 0 Å². The molecule has 0 aliphatic heterocycles. The monoisotopic (exact) mass is 247 g/mol. The molecule has 0 aliphatic carbocycles. The lowest BCUT2D eigenvalue weighted by Crippen LogP contribution is -2.29. The second-order valence-corrected chi connectivity index (χ2v) is 3.33. The lowest BCUT2D eigenvalue weighted by atomic mass is 10.2. The van der Waals surface area contributed by atoms with Crippen LogP contribution in [0.1, 0.15) is 22.5 Å². The predicted octanol–water partition coefficient (Wildman–Crippen LogP) is -0.969. The van der Waals surface area contributed by atoms with Gasteiger partial charge in [-0.05, 0) is 12.1 Å². The fraction of sp³-hybridized carbons (Fsp3) is 0.250. The molecule has 18 heavy (non-hydrogen) atoms. The van der Waals surface area contributed by atoms with Gasteiger partial charge in [-0.2, -0.15) is 0 Å². The number of primary amides is 1. The first-order chi connectivity index (χ1) is 8.65. The van der Waals surface area contributed by atoms with Gasteiger partial charge in [0.25, 0.3) is 5.91 Å². The molecule has 1 rings (SSSR count). The molecular weight excluding hydrogens is 234 g/mol. The van der Waals surface area contributed by atoms with Crippen LogP contribution < -0.4 is 11.1 Å². The van der Waals surface area contributed by atoms with Crippen LogP contribution in [0, 0.1) is 11.8 Å². The number of hydrogen-bond donors (Lipinski definition) is 3. The van der Waals surface area contributed by atoms with Gasteiger partial charge in [0.15, 0.2) is 0 Å². The summed E-state index contributed by atoms with van der Waals surface area (Å²) in [6.45, 7) is -0.144. The third kappa shape index (κ3) is 4.23. The molecule has 0 saturated carbocycles. The van der Waals surface area contributed by atoms with E-state index in [1.54, 1.807) is 12.1 Å². The third-order valence-electron chi connectivity index (χ3n) is 1.98. The maximum Gasteiger partial charge on any atom is 0.271 e. The van der Waals surface area contributed by atoms with Crippen LogP contribution in [-0.4, -0.2) is 35.1 Å². The lowest BCUT2D eigenvalue weighted by molar-refractivity contribution is -0.117. The summed E-state index contributed by atoms with van der Waals surface area (Å²) in [7, 11) is 0. The van der Waals surface area contributed by atoms with Crippen LogP contribution in [-0.2, 0) is 4.79 Å². The molecule has 94 valence electrons. The highest BCUT2D eigenvalue weighted by Crippen LogP contribution is 2.03. The molecule has 0 spiro atoms. The molecule has 0 radical (unpaired) electrons. The van der Waals surface area contributed by atoms with E-state index in [0.29, 0.717) is 5.56 Å². The Morgan fingerprint density at radius 1 is 1.50 bits per heavy atom. The fourth-order valence-corrected chi connectivity index (χ4v) is 1.20. The Hall–Kier alpha value is -2.39. The lowest BCUT2D eigenvalue weighted by Gasteiger charge is -2.04.